The van der Waals surface area contributed by atoms with Crippen molar-refractivity contribution in [1.82, 2.24) is 19.8 Å². The van der Waals surface area contributed by atoms with Gasteiger partial charge in [-0.1, -0.05) is 20.8 Å². The zero-order valence-corrected chi connectivity index (χ0v) is 13.4. The number of nitrogens with one attached hydrogen (secondary N) is 2. The molecule has 1 aliphatic heterocycles. The predicted octanol–water partition coefficient (Wildman–Crippen LogP) is 1.25. The second kappa shape index (κ2) is 5.83. The molecule has 0 aromatic carbocycles. The molecule has 6 nitrogen and oxygen atoms in total. The molecule has 2 rings (SSSR count). The first-order chi connectivity index (χ1) is 9.32. The van der Waals surface area contributed by atoms with Crippen molar-refractivity contribution in [1.29, 1.82) is 0 Å². The maximum absolute atomic E-state index is 12.7. The van der Waals surface area contributed by atoms with Crippen LogP contribution >= 0.6 is 0 Å². The summed E-state index contributed by atoms with van der Waals surface area (Å²) in [6.07, 6.45) is 0.919. The van der Waals surface area contributed by atoms with Gasteiger partial charge in [0.15, 0.2) is 5.03 Å². The topological polar surface area (TPSA) is 78.1 Å². The third-order valence-corrected chi connectivity index (χ3v) is 5.53. The van der Waals surface area contributed by atoms with E-state index in [0.717, 1.165) is 17.7 Å². The summed E-state index contributed by atoms with van der Waals surface area (Å²) in [7, 11) is -3.48. The van der Waals surface area contributed by atoms with Gasteiger partial charge in [-0.05, 0) is 19.3 Å². The summed E-state index contributed by atoms with van der Waals surface area (Å²) in [5, 5.41) is 10.3. The van der Waals surface area contributed by atoms with Gasteiger partial charge in [-0.15, -0.1) is 0 Å². The van der Waals surface area contributed by atoms with Crippen LogP contribution in [-0.4, -0.2) is 42.1 Å². The fourth-order valence-corrected chi connectivity index (χ4v) is 4.13. The minimum Gasteiger partial charge on any atom is -0.310 e. The lowest BCUT2D eigenvalue weighted by atomic mass is 10.2. The van der Waals surface area contributed by atoms with Crippen molar-refractivity contribution in [2.45, 2.75) is 51.7 Å². The van der Waals surface area contributed by atoms with Crippen LogP contribution in [0.15, 0.2) is 5.03 Å². The Balaban J connectivity index is 2.28. The molecule has 0 spiro atoms. The van der Waals surface area contributed by atoms with Crippen LogP contribution in [0.2, 0.25) is 0 Å². The van der Waals surface area contributed by atoms with Gasteiger partial charge in [-0.2, -0.15) is 9.40 Å². The molecular weight excluding hydrogens is 276 g/mol. The molecule has 1 fully saturated rings. The molecule has 0 bridgehead atoms. The van der Waals surface area contributed by atoms with Gasteiger partial charge in [0.25, 0.3) is 10.0 Å². The Bertz CT molecular complexity index is 565. The molecule has 1 unspecified atom stereocenters. The molecule has 1 aromatic rings. The molecule has 20 heavy (non-hydrogen) atoms. The van der Waals surface area contributed by atoms with Gasteiger partial charge < -0.3 is 5.32 Å². The number of aryl methyl sites for hydroxylation is 1. The van der Waals surface area contributed by atoms with E-state index < -0.39 is 10.0 Å². The highest BCUT2D eigenvalue weighted by Gasteiger charge is 2.34. The van der Waals surface area contributed by atoms with Gasteiger partial charge in [0, 0.05) is 36.9 Å². The van der Waals surface area contributed by atoms with Crippen LogP contribution in [0.25, 0.3) is 0 Å². The smallest absolute Gasteiger partial charge is 0.262 e. The van der Waals surface area contributed by atoms with Crippen LogP contribution in [0.5, 0.6) is 0 Å². The van der Waals surface area contributed by atoms with Crippen molar-refractivity contribution in [3.05, 3.63) is 11.3 Å². The van der Waals surface area contributed by atoms with Crippen molar-refractivity contribution >= 4 is 10.0 Å². The normalized spacial score (nSPS) is 20.9. The molecule has 2 N–H and O–H groups in total. The number of aromatic nitrogens is 2. The second-order valence-corrected chi connectivity index (χ2v) is 7.78. The largest absolute Gasteiger partial charge is 0.310 e. The lowest BCUT2D eigenvalue weighted by molar-refractivity contribution is 0.459. The van der Waals surface area contributed by atoms with Gasteiger partial charge in [-0.25, -0.2) is 8.42 Å². The van der Waals surface area contributed by atoms with E-state index in [2.05, 4.69) is 22.4 Å². The Morgan fingerprint density at radius 2 is 2.20 bits per heavy atom. The summed E-state index contributed by atoms with van der Waals surface area (Å²) in [5.74, 6) is 0.419. The molecule has 0 radical (unpaired) electrons. The minimum atomic E-state index is -3.48. The van der Waals surface area contributed by atoms with Crippen LogP contribution in [-0.2, 0) is 16.6 Å². The van der Waals surface area contributed by atoms with Gasteiger partial charge >= 0.3 is 0 Å². The Labute approximate surface area is 121 Å². The molecule has 1 atom stereocenters. The SMILES string of the molecule is Cc1[nH]nc(S(=O)(=O)N2CCC(C)C2)c1CNC(C)C. The van der Waals surface area contributed by atoms with E-state index in [1.807, 2.05) is 20.8 Å². The third-order valence-electron chi connectivity index (χ3n) is 3.69. The number of sulfonamides is 1. The van der Waals surface area contributed by atoms with Gasteiger partial charge in [0.05, 0.1) is 0 Å². The van der Waals surface area contributed by atoms with Crippen LogP contribution in [0, 0.1) is 12.8 Å². The molecule has 1 saturated heterocycles. The highest BCUT2D eigenvalue weighted by Crippen LogP contribution is 2.26. The van der Waals surface area contributed by atoms with Crippen molar-refractivity contribution in [2.24, 2.45) is 5.92 Å². The van der Waals surface area contributed by atoms with Crippen molar-refractivity contribution < 1.29 is 8.42 Å². The van der Waals surface area contributed by atoms with E-state index in [-0.39, 0.29) is 5.03 Å². The molecular formula is C13H24N4O2S. The number of hydrogen-bond acceptors (Lipinski definition) is 4. The first-order valence-electron chi connectivity index (χ1n) is 7.09. The number of hydrogen-bond donors (Lipinski definition) is 2. The highest BCUT2D eigenvalue weighted by molar-refractivity contribution is 7.89. The minimum absolute atomic E-state index is 0.178. The Morgan fingerprint density at radius 1 is 1.50 bits per heavy atom. The van der Waals surface area contributed by atoms with Crippen LogP contribution in [0.4, 0.5) is 0 Å². The standard InChI is InChI=1S/C13H24N4O2S/c1-9(2)14-7-12-11(4)15-16-13(12)20(18,19)17-6-5-10(3)8-17/h9-10,14H,5-8H2,1-4H3,(H,15,16). The molecule has 7 heteroatoms. The number of nitrogens with zero attached hydrogens (tertiary/aromatic N) is 2. The van der Waals surface area contributed by atoms with E-state index in [1.165, 1.54) is 0 Å². The summed E-state index contributed by atoms with van der Waals surface area (Å²) >= 11 is 0. The van der Waals surface area contributed by atoms with Crippen molar-refractivity contribution in [3.63, 3.8) is 0 Å². The zero-order valence-electron chi connectivity index (χ0n) is 12.6. The van der Waals surface area contributed by atoms with Gasteiger partial charge in [0.1, 0.15) is 0 Å². The summed E-state index contributed by atoms with van der Waals surface area (Å²) < 4.78 is 26.9. The monoisotopic (exact) mass is 300 g/mol. The summed E-state index contributed by atoms with van der Waals surface area (Å²) in [6.45, 7) is 9.69. The lowest BCUT2D eigenvalue weighted by Crippen LogP contribution is -2.31. The van der Waals surface area contributed by atoms with Gasteiger partial charge in [-0.3, -0.25) is 5.10 Å². The molecule has 114 valence electrons. The zero-order chi connectivity index (χ0) is 14.9. The van der Waals surface area contributed by atoms with Gasteiger partial charge in [0.2, 0.25) is 0 Å². The molecule has 0 aliphatic carbocycles. The molecule has 0 amide bonds. The Morgan fingerprint density at radius 3 is 2.75 bits per heavy atom. The maximum Gasteiger partial charge on any atom is 0.262 e. The van der Waals surface area contributed by atoms with Crippen LogP contribution < -0.4 is 5.32 Å². The fraction of sp³-hybridized carbons (Fsp3) is 0.769. The molecule has 2 heterocycles. The average molecular weight is 300 g/mol. The molecule has 1 aromatic heterocycles. The van der Waals surface area contributed by atoms with E-state index in [9.17, 15) is 8.42 Å². The number of rotatable bonds is 5. The van der Waals surface area contributed by atoms with Crippen molar-refractivity contribution in [3.8, 4) is 0 Å². The Kier molecular flexibility index (Phi) is 4.51. The van der Waals surface area contributed by atoms with Crippen LogP contribution in [0.1, 0.15) is 38.4 Å². The maximum atomic E-state index is 12.7. The number of H-pyrrole nitrogens is 1. The fourth-order valence-electron chi connectivity index (χ4n) is 2.39. The van der Waals surface area contributed by atoms with E-state index in [1.54, 1.807) is 4.31 Å². The number of aromatic amines is 1. The summed E-state index contributed by atoms with van der Waals surface area (Å²) in [4.78, 5) is 0. The average Bonchev–Trinajstić information content (AvgIpc) is 2.93. The predicted molar refractivity (Wildman–Crippen MR) is 77.8 cm³/mol. The molecule has 1 aliphatic rings. The van der Waals surface area contributed by atoms with E-state index in [0.29, 0.717) is 31.6 Å². The summed E-state index contributed by atoms with van der Waals surface area (Å²) in [6, 6.07) is 0.298. The highest BCUT2D eigenvalue weighted by atomic mass is 32.2. The van der Waals surface area contributed by atoms with Crippen molar-refractivity contribution in [2.75, 3.05) is 13.1 Å². The first kappa shape index (κ1) is 15.5. The summed E-state index contributed by atoms with van der Waals surface area (Å²) in [5.41, 5.74) is 1.56. The van der Waals surface area contributed by atoms with E-state index in [4.69, 9.17) is 0 Å². The first-order valence-corrected chi connectivity index (χ1v) is 8.53. The Hall–Kier alpha value is -0.920. The van der Waals surface area contributed by atoms with E-state index >= 15 is 0 Å². The lowest BCUT2D eigenvalue weighted by Gasteiger charge is -2.16. The quantitative estimate of drug-likeness (QED) is 0.858. The van der Waals surface area contributed by atoms with Crippen LogP contribution in [0.3, 0.4) is 0 Å². The third kappa shape index (κ3) is 3.05. The molecule has 0 saturated carbocycles. The second-order valence-electron chi connectivity index (χ2n) is 5.92.